The van der Waals surface area contributed by atoms with Crippen LogP contribution in [0, 0.1) is 19.8 Å². The van der Waals surface area contributed by atoms with Crippen molar-refractivity contribution in [2.75, 3.05) is 32.6 Å². The number of likely N-dealkylation sites (tertiary alicyclic amines) is 1. The molecule has 2 aromatic rings. The highest BCUT2D eigenvalue weighted by molar-refractivity contribution is 5.96. The molecule has 1 fully saturated rings. The number of nitrogens with zero attached hydrogens (tertiary/aromatic N) is 1. The molecule has 3 rings (SSSR count). The van der Waals surface area contributed by atoms with Gasteiger partial charge in [-0.3, -0.25) is 9.59 Å². The van der Waals surface area contributed by atoms with E-state index in [1.165, 1.54) is 5.56 Å². The number of nitrogens with one attached hydrogen (secondary N) is 1. The van der Waals surface area contributed by atoms with E-state index in [2.05, 4.69) is 5.32 Å². The van der Waals surface area contributed by atoms with E-state index in [4.69, 9.17) is 9.47 Å². The number of ether oxygens (including phenoxy) is 2. The quantitative estimate of drug-likeness (QED) is 0.834. The van der Waals surface area contributed by atoms with Gasteiger partial charge in [-0.2, -0.15) is 0 Å². The van der Waals surface area contributed by atoms with Gasteiger partial charge < -0.3 is 19.7 Å². The molecule has 1 N–H and O–H groups in total. The van der Waals surface area contributed by atoms with Crippen molar-refractivity contribution in [1.29, 1.82) is 0 Å². The van der Waals surface area contributed by atoms with E-state index in [-0.39, 0.29) is 17.7 Å². The minimum absolute atomic E-state index is 0.0170. The summed E-state index contributed by atoms with van der Waals surface area (Å²) >= 11 is 0. The predicted molar refractivity (Wildman–Crippen MR) is 113 cm³/mol. The van der Waals surface area contributed by atoms with Crippen molar-refractivity contribution >= 4 is 17.5 Å². The molecule has 1 aliphatic rings. The molecule has 0 bridgehead atoms. The Morgan fingerprint density at radius 2 is 1.55 bits per heavy atom. The largest absolute Gasteiger partial charge is 0.497 e. The molecule has 0 unspecified atom stereocenters. The number of anilines is 1. The van der Waals surface area contributed by atoms with Crippen LogP contribution < -0.4 is 14.8 Å². The van der Waals surface area contributed by atoms with Crippen molar-refractivity contribution in [1.82, 2.24) is 4.90 Å². The summed E-state index contributed by atoms with van der Waals surface area (Å²) in [6, 6.07) is 11.1. The smallest absolute Gasteiger partial charge is 0.254 e. The van der Waals surface area contributed by atoms with E-state index in [0.29, 0.717) is 43.0 Å². The fourth-order valence-corrected chi connectivity index (χ4v) is 3.52. The zero-order valence-corrected chi connectivity index (χ0v) is 17.5. The Labute approximate surface area is 171 Å². The van der Waals surface area contributed by atoms with Crippen LogP contribution in [0.5, 0.6) is 11.5 Å². The molecule has 1 heterocycles. The van der Waals surface area contributed by atoms with Crippen LogP contribution in [0.15, 0.2) is 36.4 Å². The van der Waals surface area contributed by atoms with Crippen LogP contribution in [0.3, 0.4) is 0 Å². The number of rotatable bonds is 5. The lowest BCUT2D eigenvalue weighted by molar-refractivity contribution is -0.121. The van der Waals surface area contributed by atoms with E-state index in [9.17, 15) is 9.59 Å². The first-order chi connectivity index (χ1) is 13.9. The number of carbonyl (C=O) groups excluding carboxylic acids is 2. The van der Waals surface area contributed by atoms with E-state index in [1.807, 2.05) is 32.0 Å². The molecule has 0 saturated carbocycles. The van der Waals surface area contributed by atoms with E-state index < -0.39 is 0 Å². The molecule has 0 atom stereocenters. The van der Waals surface area contributed by atoms with Crippen molar-refractivity contribution in [3.05, 3.63) is 53.1 Å². The average Bonchev–Trinajstić information content (AvgIpc) is 2.75. The number of piperidine rings is 1. The van der Waals surface area contributed by atoms with Gasteiger partial charge in [0.1, 0.15) is 11.5 Å². The fourth-order valence-electron chi connectivity index (χ4n) is 3.52. The van der Waals surface area contributed by atoms with E-state index in [0.717, 1.165) is 11.3 Å². The van der Waals surface area contributed by atoms with Crippen molar-refractivity contribution < 1.29 is 19.1 Å². The Kier molecular flexibility index (Phi) is 6.42. The third-order valence-corrected chi connectivity index (χ3v) is 5.53. The Bertz CT molecular complexity index is 879. The summed E-state index contributed by atoms with van der Waals surface area (Å²) in [4.78, 5) is 27.3. The molecule has 0 aromatic heterocycles. The molecular formula is C23H28N2O4. The number of aryl methyl sites for hydroxylation is 2. The van der Waals surface area contributed by atoms with Gasteiger partial charge in [-0.05, 0) is 62.1 Å². The summed E-state index contributed by atoms with van der Waals surface area (Å²) in [5.74, 6) is 1.00. The van der Waals surface area contributed by atoms with Gasteiger partial charge in [-0.1, -0.05) is 6.07 Å². The Morgan fingerprint density at radius 1 is 0.931 bits per heavy atom. The van der Waals surface area contributed by atoms with Gasteiger partial charge in [-0.15, -0.1) is 0 Å². The molecule has 2 aromatic carbocycles. The van der Waals surface area contributed by atoms with Crippen molar-refractivity contribution in [3.63, 3.8) is 0 Å². The monoisotopic (exact) mass is 396 g/mol. The summed E-state index contributed by atoms with van der Waals surface area (Å²) in [7, 11) is 3.12. The van der Waals surface area contributed by atoms with Crippen LogP contribution in [0.1, 0.15) is 34.3 Å². The molecule has 0 aliphatic carbocycles. The highest BCUT2D eigenvalue weighted by Gasteiger charge is 2.28. The van der Waals surface area contributed by atoms with Crippen LogP contribution in [-0.4, -0.2) is 44.0 Å². The second-order valence-electron chi connectivity index (χ2n) is 7.46. The minimum Gasteiger partial charge on any atom is -0.497 e. The second-order valence-corrected chi connectivity index (χ2v) is 7.46. The number of benzene rings is 2. The number of carbonyl (C=O) groups is 2. The van der Waals surface area contributed by atoms with Gasteiger partial charge in [0.2, 0.25) is 5.91 Å². The summed E-state index contributed by atoms with van der Waals surface area (Å²) < 4.78 is 10.5. The highest BCUT2D eigenvalue weighted by Crippen LogP contribution is 2.26. The molecule has 29 heavy (non-hydrogen) atoms. The summed E-state index contributed by atoms with van der Waals surface area (Å²) in [6.07, 6.45) is 1.28. The SMILES string of the molecule is COc1cc(OC)cc(C(=O)N2CCC(C(=O)Nc3ccc(C)c(C)c3)CC2)c1. The number of hydrogen-bond acceptors (Lipinski definition) is 4. The number of hydrogen-bond donors (Lipinski definition) is 1. The van der Waals surface area contributed by atoms with Gasteiger partial charge >= 0.3 is 0 Å². The zero-order chi connectivity index (χ0) is 21.0. The summed E-state index contributed by atoms with van der Waals surface area (Å²) in [6.45, 7) is 5.17. The zero-order valence-electron chi connectivity index (χ0n) is 17.5. The lowest BCUT2D eigenvalue weighted by Crippen LogP contribution is -2.41. The maximum Gasteiger partial charge on any atom is 0.254 e. The molecule has 6 nitrogen and oxygen atoms in total. The maximum atomic E-state index is 12.9. The van der Waals surface area contributed by atoms with E-state index in [1.54, 1.807) is 37.3 Å². The third-order valence-electron chi connectivity index (χ3n) is 5.53. The van der Waals surface area contributed by atoms with E-state index >= 15 is 0 Å². The molecule has 1 aliphatic heterocycles. The van der Waals surface area contributed by atoms with Gasteiger partial charge in [0.05, 0.1) is 14.2 Å². The molecule has 0 radical (unpaired) electrons. The second kappa shape index (κ2) is 8.99. The highest BCUT2D eigenvalue weighted by atomic mass is 16.5. The third kappa shape index (κ3) is 4.88. The van der Waals surface area contributed by atoms with Gasteiger partial charge in [0.25, 0.3) is 5.91 Å². The summed E-state index contributed by atoms with van der Waals surface area (Å²) in [5.41, 5.74) is 3.69. The van der Waals surface area contributed by atoms with Gasteiger partial charge in [-0.25, -0.2) is 0 Å². The van der Waals surface area contributed by atoms with Crippen molar-refractivity contribution in [3.8, 4) is 11.5 Å². The van der Waals surface area contributed by atoms with Crippen LogP contribution in [0.25, 0.3) is 0 Å². The summed E-state index contributed by atoms with van der Waals surface area (Å²) in [5, 5.41) is 3.01. The van der Waals surface area contributed by atoms with Gasteiger partial charge in [0, 0.05) is 36.3 Å². The van der Waals surface area contributed by atoms with Crippen molar-refractivity contribution in [2.24, 2.45) is 5.92 Å². The van der Waals surface area contributed by atoms with Crippen LogP contribution >= 0.6 is 0 Å². The van der Waals surface area contributed by atoms with Crippen molar-refractivity contribution in [2.45, 2.75) is 26.7 Å². The molecule has 1 saturated heterocycles. The first-order valence-electron chi connectivity index (χ1n) is 9.81. The predicted octanol–water partition coefficient (Wildman–Crippen LogP) is 3.81. The Morgan fingerprint density at radius 3 is 2.10 bits per heavy atom. The first kappa shape index (κ1) is 20.7. The molecule has 2 amide bonds. The normalized spacial score (nSPS) is 14.4. The topological polar surface area (TPSA) is 67.9 Å². The lowest BCUT2D eigenvalue weighted by atomic mass is 9.95. The maximum absolute atomic E-state index is 12.9. The van der Waals surface area contributed by atoms with Crippen LogP contribution in [0.2, 0.25) is 0 Å². The van der Waals surface area contributed by atoms with Crippen LogP contribution in [-0.2, 0) is 4.79 Å². The lowest BCUT2D eigenvalue weighted by Gasteiger charge is -2.31. The molecular weight excluding hydrogens is 368 g/mol. The Balaban J connectivity index is 1.60. The number of amides is 2. The van der Waals surface area contributed by atoms with Gasteiger partial charge in [0.15, 0.2) is 0 Å². The number of methoxy groups -OCH3 is 2. The molecule has 6 heteroatoms. The Hall–Kier alpha value is -3.02. The van der Waals surface area contributed by atoms with Crippen LogP contribution in [0.4, 0.5) is 5.69 Å². The molecule has 154 valence electrons. The minimum atomic E-state index is -0.0968. The first-order valence-corrected chi connectivity index (χ1v) is 9.81. The standard InChI is InChI=1S/C23H28N2O4/c1-15-5-6-19(11-16(15)2)24-22(26)17-7-9-25(10-8-17)23(27)18-12-20(28-3)14-21(13-18)29-4/h5-6,11-14,17H,7-10H2,1-4H3,(H,24,26). The molecule has 0 spiro atoms. The fraction of sp³-hybridized carbons (Fsp3) is 0.391. The average molecular weight is 396 g/mol.